The van der Waals surface area contributed by atoms with Crippen LogP contribution in [0.1, 0.15) is 17.5 Å². The second-order valence-corrected chi connectivity index (χ2v) is 5.11. The van der Waals surface area contributed by atoms with Crippen molar-refractivity contribution in [2.24, 2.45) is 0 Å². The normalized spacial score (nSPS) is 9.86. The molecule has 0 unspecified atom stereocenters. The van der Waals surface area contributed by atoms with E-state index in [1.807, 2.05) is 12.1 Å². The Morgan fingerprint density at radius 1 is 1.10 bits per heavy atom. The molecule has 0 aliphatic rings. The Kier molecular flexibility index (Phi) is 5.92. The van der Waals surface area contributed by atoms with E-state index < -0.39 is 0 Å². The van der Waals surface area contributed by atoms with Crippen LogP contribution >= 0.6 is 23.2 Å². The van der Waals surface area contributed by atoms with E-state index in [4.69, 9.17) is 27.9 Å². The Balaban J connectivity index is 2.12. The predicted octanol–water partition coefficient (Wildman–Crippen LogP) is 5.04. The van der Waals surface area contributed by atoms with E-state index in [9.17, 15) is 4.39 Å². The third-order valence-corrected chi connectivity index (χ3v) is 3.13. The molecule has 1 nitrogen and oxygen atoms in total. The van der Waals surface area contributed by atoms with Crippen LogP contribution in [0.2, 0.25) is 5.02 Å². The molecule has 2 aromatic carbocycles. The highest BCUT2D eigenvalue weighted by atomic mass is 35.5. The average molecular weight is 323 g/mol. The summed E-state index contributed by atoms with van der Waals surface area (Å²) in [6.07, 6.45) is 0.550. The van der Waals surface area contributed by atoms with E-state index in [-0.39, 0.29) is 5.82 Å². The zero-order chi connectivity index (χ0) is 15.1. The second kappa shape index (κ2) is 7.93. The third kappa shape index (κ3) is 4.97. The number of benzene rings is 2. The van der Waals surface area contributed by atoms with Gasteiger partial charge in [0.05, 0.1) is 5.56 Å². The van der Waals surface area contributed by atoms with Crippen molar-refractivity contribution in [1.29, 1.82) is 0 Å². The van der Waals surface area contributed by atoms with Crippen molar-refractivity contribution in [2.45, 2.75) is 13.0 Å². The Bertz CT molecular complexity index is 657. The van der Waals surface area contributed by atoms with E-state index in [2.05, 4.69) is 11.8 Å². The molecule has 0 heterocycles. The first-order chi connectivity index (χ1) is 10.2. The van der Waals surface area contributed by atoms with Crippen LogP contribution in [0.5, 0.6) is 5.75 Å². The molecule has 0 aliphatic heterocycles. The lowest BCUT2D eigenvalue weighted by Crippen LogP contribution is -1.97. The van der Waals surface area contributed by atoms with Crippen LogP contribution in [-0.4, -0.2) is 5.88 Å². The van der Waals surface area contributed by atoms with E-state index in [1.165, 1.54) is 12.1 Å². The maximum Gasteiger partial charge on any atom is 0.135 e. The van der Waals surface area contributed by atoms with Crippen LogP contribution in [0, 0.1) is 17.7 Å². The van der Waals surface area contributed by atoms with Crippen LogP contribution in [0.15, 0.2) is 42.5 Å². The number of ether oxygens (including phenoxy) is 1. The van der Waals surface area contributed by atoms with Gasteiger partial charge in [0.15, 0.2) is 0 Å². The van der Waals surface area contributed by atoms with Crippen molar-refractivity contribution >= 4 is 23.2 Å². The zero-order valence-corrected chi connectivity index (χ0v) is 12.7. The Morgan fingerprint density at radius 2 is 1.86 bits per heavy atom. The minimum Gasteiger partial charge on any atom is -0.488 e. The smallest absolute Gasteiger partial charge is 0.135 e. The summed E-state index contributed by atoms with van der Waals surface area (Å²) in [6, 6.07) is 11.6. The number of rotatable bonds is 4. The average Bonchev–Trinajstić information content (AvgIpc) is 2.48. The Hall–Kier alpha value is -1.69. The van der Waals surface area contributed by atoms with Gasteiger partial charge in [-0.3, -0.25) is 0 Å². The molecule has 0 N–H and O–H groups in total. The summed E-state index contributed by atoms with van der Waals surface area (Å²) >= 11 is 11.4. The van der Waals surface area contributed by atoms with Crippen LogP contribution in [-0.2, 0) is 6.61 Å². The molecule has 0 fully saturated rings. The lowest BCUT2D eigenvalue weighted by atomic mass is 10.2. The minimum atomic E-state index is -0.344. The fourth-order valence-electron chi connectivity index (χ4n) is 1.67. The van der Waals surface area contributed by atoms with Gasteiger partial charge >= 0.3 is 0 Å². The van der Waals surface area contributed by atoms with Crippen molar-refractivity contribution in [3.63, 3.8) is 0 Å². The fraction of sp³-hybridized carbons (Fsp3) is 0.176. The number of hydrogen-bond donors (Lipinski definition) is 0. The SMILES string of the molecule is Fc1ccc(OCc2ccc(Cl)cc2)c(C#CCCCl)c1. The largest absolute Gasteiger partial charge is 0.488 e. The fourth-order valence-corrected chi connectivity index (χ4v) is 1.89. The van der Waals surface area contributed by atoms with Gasteiger partial charge in [0.2, 0.25) is 0 Å². The monoisotopic (exact) mass is 322 g/mol. The summed E-state index contributed by atoms with van der Waals surface area (Å²) in [6.45, 7) is 0.368. The highest BCUT2D eigenvalue weighted by Gasteiger charge is 2.04. The molecule has 21 heavy (non-hydrogen) atoms. The molecule has 0 saturated heterocycles. The van der Waals surface area contributed by atoms with Crippen molar-refractivity contribution in [1.82, 2.24) is 0 Å². The third-order valence-electron chi connectivity index (χ3n) is 2.69. The van der Waals surface area contributed by atoms with E-state index >= 15 is 0 Å². The summed E-state index contributed by atoms with van der Waals surface area (Å²) in [7, 11) is 0. The van der Waals surface area contributed by atoms with Gasteiger partial charge in [-0.2, -0.15) is 0 Å². The Labute approximate surface area is 133 Å². The maximum atomic E-state index is 13.3. The first-order valence-electron chi connectivity index (χ1n) is 6.40. The lowest BCUT2D eigenvalue weighted by molar-refractivity contribution is 0.305. The summed E-state index contributed by atoms with van der Waals surface area (Å²) in [5.74, 6) is 6.41. The molecule has 0 bridgehead atoms. The van der Waals surface area contributed by atoms with E-state index in [1.54, 1.807) is 18.2 Å². The molecule has 0 spiro atoms. The quantitative estimate of drug-likeness (QED) is 0.566. The van der Waals surface area contributed by atoms with Crippen molar-refractivity contribution in [2.75, 3.05) is 5.88 Å². The van der Waals surface area contributed by atoms with Crippen LogP contribution in [0.4, 0.5) is 4.39 Å². The van der Waals surface area contributed by atoms with Crippen LogP contribution < -0.4 is 4.74 Å². The van der Waals surface area contributed by atoms with Crippen molar-refractivity contribution < 1.29 is 9.13 Å². The van der Waals surface area contributed by atoms with Gasteiger partial charge in [-0.25, -0.2) is 4.39 Å². The maximum absolute atomic E-state index is 13.3. The van der Waals surface area contributed by atoms with Crippen molar-refractivity contribution in [3.05, 3.63) is 64.4 Å². The molecule has 0 atom stereocenters. The summed E-state index contributed by atoms with van der Waals surface area (Å²) < 4.78 is 19.0. The van der Waals surface area contributed by atoms with E-state index in [0.29, 0.717) is 35.2 Å². The molecule has 2 rings (SSSR count). The molecule has 108 valence electrons. The first-order valence-corrected chi connectivity index (χ1v) is 7.32. The molecular formula is C17H13Cl2FO. The minimum absolute atomic E-state index is 0.344. The standard InChI is InChI=1S/C17H13Cl2FO/c18-10-2-1-3-14-11-16(20)8-9-17(14)21-12-13-4-6-15(19)7-5-13/h4-9,11H,2,10,12H2. The van der Waals surface area contributed by atoms with Gasteiger partial charge in [-0.1, -0.05) is 35.6 Å². The predicted molar refractivity (Wildman–Crippen MR) is 84.4 cm³/mol. The lowest BCUT2D eigenvalue weighted by Gasteiger charge is -2.08. The summed E-state index contributed by atoms with van der Waals surface area (Å²) in [4.78, 5) is 0. The summed E-state index contributed by atoms with van der Waals surface area (Å²) in [5.41, 5.74) is 1.50. The van der Waals surface area contributed by atoms with Gasteiger partial charge in [-0.15, -0.1) is 11.6 Å². The van der Waals surface area contributed by atoms with Gasteiger partial charge < -0.3 is 4.74 Å². The topological polar surface area (TPSA) is 9.23 Å². The van der Waals surface area contributed by atoms with Gasteiger partial charge in [-0.05, 0) is 35.9 Å². The molecule has 2 aromatic rings. The molecule has 0 radical (unpaired) electrons. The number of alkyl halides is 1. The first kappa shape index (κ1) is 15.7. The van der Waals surface area contributed by atoms with E-state index in [0.717, 1.165) is 5.56 Å². The molecule has 0 amide bonds. The van der Waals surface area contributed by atoms with Gasteiger partial charge in [0, 0.05) is 17.3 Å². The molecule has 0 saturated carbocycles. The van der Waals surface area contributed by atoms with Crippen molar-refractivity contribution in [3.8, 4) is 17.6 Å². The van der Waals surface area contributed by atoms with Crippen LogP contribution in [0.3, 0.4) is 0 Å². The van der Waals surface area contributed by atoms with Crippen LogP contribution in [0.25, 0.3) is 0 Å². The second-order valence-electron chi connectivity index (χ2n) is 4.30. The van der Waals surface area contributed by atoms with Gasteiger partial charge in [0.1, 0.15) is 18.2 Å². The Morgan fingerprint density at radius 3 is 2.57 bits per heavy atom. The van der Waals surface area contributed by atoms with Gasteiger partial charge in [0.25, 0.3) is 0 Å². The highest BCUT2D eigenvalue weighted by Crippen LogP contribution is 2.20. The summed E-state index contributed by atoms with van der Waals surface area (Å²) in [5, 5.41) is 0.674. The zero-order valence-electron chi connectivity index (χ0n) is 11.2. The highest BCUT2D eigenvalue weighted by molar-refractivity contribution is 6.30. The molecule has 0 aliphatic carbocycles. The number of hydrogen-bond acceptors (Lipinski definition) is 1. The molecule has 4 heteroatoms. The number of halogens is 3. The molecular weight excluding hydrogens is 310 g/mol. The molecule has 0 aromatic heterocycles.